The third kappa shape index (κ3) is 4.70. The van der Waals surface area contributed by atoms with Crippen molar-refractivity contribution in [1.82, 2.24) is 10.3 Å². The number of ether oxygens (including phenoxy) is 1. The van der Waals surface area contributed by atoms with Crippen molar-refractivity contribution in [2.24, 2.45) is 0 Å². The van der Waals surface area contributed by atoms with E-state index in [0.717, 1.165) is 40.8 Å². The lowest BCUT2D eigenvalue weighted by molar-refractivity contribution is 0.0955. The molecule has 1 aromatic heterocycles. The van der Waals surface area contributed by atoms with Gasteiger partial charge in [0.25, 0.3) is 5.91 Å². The summed E-state index contributed by atoms with van der Waals surface area (Å²) in [5.74, 6) is 0.786. The number of aromatic nitrogens is 1. The highest BCUT2D eigenvalue weighted by molar-refractivity contribution is 6.07. The normalized spacial score (nSPS) is 13.7. The van der Waals surface area contributed by atoms with Gasteiger partial charge in [-0.05, 0) is 75.4 Å². The van der Waals surface area contributed by atoms with E-state index >= 15 is 0 Å². The van der Waals surface area contributed by atoms with Crippen molar-refractivity contribution in [1.29, 1.82) is 0 Å². The van der Waals surface area contributed by atoms with Gasteiger partial charge in [0.15, 0.2) is 0 Å². The van der Waals surface area contributed by atoms with E-state index in [2.05, 4.69) is 11.4 Å². The number of para-hydroxylation sites is 1. The lowest BCUT2D eigenvalue weighted by Gasteiger charge is -2.14. The molecule has 0 saturated carbocycles. The molecule has 1 heterocycles. The molecule has 0 unspecified atom stereocenters. The van der Waals surface area contributed by atoms with E-state index in [1.165, 1.54) is 24.8 Å². The monoisotopic (exact) mass is 400 g/mol. The Labute approximate surface area is 178 Å². The van der Waals surface area contributed by atoms with Gasteiger partial charge in [0.05, 0.1) is 23.4 Å². The quantitative estimate of drug-likeness (QED) is 0.501. The summed E-state index contributed by atoms with van der Waals surface area (Å²) in [6, 6.07) is 17.6. The van der Waals surface area contributed by atoms with Crippen LogP contribution in [-0.2, 0) is 0 Å². The summed E-state index contributed by atoms with van der Waals surface area (Å²) in [5.41, 5.74) is 4.71. The van der Waals surface area contributed by atoms with Crippen LogP contribution in [0, 0.1) is 0 Å². The first-order chi connectivity index (χ1) is 14.7. The maximum absolute atomic E-state index is 13.0. The van der Waals surface area contributed by atoms with Gasteiger partial charge < -0.3 is 10.1 Å². The van der Waals surface area contributed by atoms with Gasteiger partial charge in [0, 0.05) is 17.5 Å². The number of fused-ring (bicyclic) bond motifs is 1. The average Bonchev–Trinajstić information content (AvgIpc) is 2.80. The Hall–Kier alpha value is -3.14. The SMILES string of the molecule is CCOc1ccc(-c2cc(C(=O)NCCC3=CCCCC3)c3ccccc3n2)cc1. The summed E-state index contributed by atoms with van der Waals surface area (Å²) in [6.07, 6.45) is 8.15. The zero-order chi connectivity index (χ0) is 20.8. The first-order valence-corrected chi connectivity index (χ1v) is 10.8. The van der Waals surface area contributed by atoms with Crippen LogP contribution in [0.2, 0.25) is 0 Å². The van der Waals surface area contributed by atoms with Crippen LogP contribution in [-0.4, -0.2) is 24.0 Å². The fourth-order valence-corrected chi connectivity index (χ4v) is 3.96. The summed E-state index contributed by atoms with van der Waals surface area (Å²) in [4.78, 5) is 17.8. The second-order valence-electron chi connectivity index (χ2n) is 7.64. The van der Waals surface area contributed by atoms with Gasteiger partial charge in [-0.1, -0.05) is 29.8 Å². The molecule has 4 rings (SSSR count). The fraction of sp³-hybridized carbons (Fsp3) is 0.308. The summed E-state index contributed by atoms with van der Waals surface area (Å²) >= 11 is 0. The first-order valence-electron chi connectivity index (χ1n) is 10.8. The highest BCUT2D eigenvalue weighted by atomic mass is 16.5. The fourth-order valence-electron chi connectivity index (χ4n) is 3.96. The number of pyridine rings is 1. The van der Waals surface area contributed by atoms with E-state index in [9.17, 15) is 4.79 Å². The number of amides is 1. The molecule has 0 bridgehead atoms. The Balaban J connectivity index is 1.58. The molecule has 30 heavy (non-hydrogen) atoms. The number of carbonyl (C=O) groups excluding carboxylic acids is 1. The molecular weight excluding hydrogens is 372 g/mol. The minimum atomic E-state index is -0.0443. The number of allylic oxidation sites excluding steroid dienone is 1. The van der Waals surface area contributed by atoms with Crippen LogP contribution in [0.5, 0.6) is 5.75 Å². The number of nitrogens with one attached hydrogen (secondary N) is 1. The van der Waals surface area contributed by atoms with Crippen molar-refractivity contribution >= 4 is 16.8 Å². The molecule has 1 aliphatic carbocycles. The maximum Gasteiger partial charge on any atom is 0.252 e. The van der Waals surface area contributed by atoms with Crippen LogP contribution < -0.4 is 10.1 Å². The molecule has 3 aromatic rings. The Kier molecular flexibility index (Phi) is 6.43. The van der Waals surface area contributed by atoms with Crippen LogP contribution in [0.3, 0.4) is 0 Å². The number of carbonyl (C=O) groups is 1. The summed E-state index contributed by atoms with van der Waals surface area (Å²) < 4.78 is 5.53. The number of hydrogen-bond donors (Lipinski definition) is 1. The topological polar surface area (TPSA) is 51.2 Å². The molecule has 0 spiro atoms. The van der Waals surface area contributed by atoms with Gasteiger partial charge in [0.2, 0.25) is 0 Å². The standard InChI is InChI=1S/C26H28N2O2/c1-2-30-21-14-12-20(13-15-21)25-18-23(22-10-6-7-11-24(22)28-25)26(29)27-17-16-19-8-4-3-5-9-19/h6-8,10-15,18H,2-5,9,16-17H2,1H3,(H,27,29). The minimum Gasteiger partial charge on any atom is -0.494 e. The largest absolute Gasteiger partial charge is 0.494 e. The minimum absolute atomic E-state index is 0.0443. The highest BCUT2D eigenvalue weighted by Gasteiger charge is 2.14. The average molecular weight is 401 g/mol. The molecule has 0 atom stereocenters. The second kappa shape index (κ2) is 9.57. The summed E-state index contributed by atoms with van der Waals surface area (Å²) in [7, 11) is 0. The lowest BCUT2D eigenvalue weighted by Crippen LogP contribution is -2.25. The van der Waals surface area contributed by atoms with Gasteiger partial charge in [-0.15, -0.1) is 0 Å². The van der Waals surface area contributed by atoms with Crippen molar-refractivity contribution in [2.75, 3.05) is 13.2 Å². The Bertz CT molecular complexity index is 1050. The lowest BCUT2D eigenvalue weighted by atomic mass is 9.97. The van der Waals surface area contributed by atoms with Crippen LogP contribution in [0.25, 0.3) is 22.2 Å². The third-order valence-electron chi connectivity index (χ3n) is 5.54. The molecule has 0 aliphatic heterocycles. The van der Waals surface area contributed by atoms with Crippen molar-refractivity contribution < 1.29 is 9.53 Å². The Morgan fingerprint density at radius 3 is 2.70 bits per heavy atom. The number of nitrogens with zero attached hydrogens (tertiary/aromatic N) is 1. The van der Waals surface area contributed by atoms with E-state index in [1.54, 1.807) is 0 Å². The van der Waals surface area contributed by atoms with Crippen molar-refractivity contribution in [2.45, 2.75) is 39.0 Å². The number of benzene rings is 2. The third-order valence-corrected chi connectivity index (χ3v) is 5.54. The first kappa shape index (κ1) is 20.1. The smallest absolute Gasteiger partial charge is 0.252 e. The van der Waals surface area contributed by atoms with Gasteiger partial charge >= 0.3 is 0 Å². The molecule has 4 nitrogen and oxygen atoms in total. The zero-order valence-corrected chi connectivity index (χ0v) is 17.5. The molecule has 1 aliphatic rings. The molecular formula is C26H28N2O2. The van der Waals surface area contributed by atoms with E-state index in [0.29, 0.717) is 18.7 Å². The molecule has 0 saturated heterocycles. The Morgan fingerprint density at radius 1 is 1.10 bits per heavy atom. The molecule has 2 aromatic carbocycles. The molecule has 0 fully saturated rings. The highest BCUT2D eigenvalue weighted by Crippen LogP contribution is 2.26. The zero-order valence-electron chi connectivity index (χ0n) is 17.5. The predicted molar refractivity (Wildman–Crippen MR) is 122 cm³/mol. The van der Waals surface area contributed by atoms with Gasteiger partial charge in [-0.3, -0.25) is 4.79 Å². The van der Waals surface area contributed by atoms with Crippen LogP contribution in [0.15, 0.2) is 66.2 Å². The van der Waals surface area contributed by atoms with Crippen molar-refractivity contribution in [3.05, 3.63) is 71.8 Å². The molecule has 154 valence electrons. The number of hydrogen-bond acceptors (Lipinski definition) is 3. The van der Waals surface area contributed by atoms with Crippen LogP contribution >= 0.6 is 0 Å². The molecule has 4 heteroatoms. The van der Waals surface area contributed by atoms with Gasteiger partial charge in [-0.25, -0.2) is 4.98 Å². The van der Waals surface area contributed by atoms with Crippen molar-refractivity contribution in [3.63, 3.8) is 0 Å². The second-order valence-corrected chi connectivity index (χ2v) is 7.64. The van der Waals surface area contributed by atoms with Gasteiger partial charge in [0.1, 0.15) is 5.75 Å². The van der Waals surface area contributed by atoms with Gasteiger partial charge in [-0.2, -0.15) is 0 Å². The number of rotatable bonds is 7. The van der Waals surface area contributed by atoms with E-state index in [-0.39, 0.29) is 5.91 Å². The summed E-state index contributed by atoms with van der Waals surface area (Å²) in [5, 5.41) is 3.99. The Morgan fingerprint density at radius 2 is 1.93 bits per heavy atom. The molecule has 1 amide bonds. The maximum atomic E-state index is 13.0. The predicted octanol–water partition coefficient (Wildman–Crippen LogP) is 5.92. The van der Waals surface area contributed by atoms with Crippen LogP contribution in [0.1, 0.15) is 49.4 Å². The molecule has 0 radical (unpaired) electrons. The van der Waals surface area contributed by atoms with Crippen molar-refractivity contribution in [3.8, 4) is 17.0 Å². The van der Waals surface area contributed by atoms with E-state index in [4.69, 9.17) is 9.72 Å². The van der Waals surface area contributed by atoms with E-state index < -0.39 is 0 Å². The van der Waals surface area contributed by atoms with E-state index in [1.807, 2.05) is 61.5 Å². The summed E-state index contributed by atoms with van der Waals surface area (Å²) in [6.45, 7) is 3.27. The molecule has 1 N–H and O–H groups in total. The van der Waals surface area contributed by atoms with Crippen LogP contribution in [0.4, 0.5) is 0 Å².